The van der Waals surface area contributed by atoms with Crippen molar-refractivity contribution in [2.24, 2.45) is 0 Å². The average molecular weight is 811 g/mol. The Balaban J connectivity index is 0.000000142. The molecule has 0 bridgehead atoms. The maximum Gasteiger partial charge on any atom is 3.00 e. The van der Waals surface area contributed by atoms with Crippen molar-refractivity contribution < 1.29 is 20.1 Å². The molecule has 0 saturated heterocycles. The first-order valence-corrected chi connectivity index (χ1v) is 16.0. The Labute approximate surface area is 303 Å². The van der Waals surface area contributed by atoms with Gasteiger partial charge in [0.25, 0.3) is 0 Å². The number of hydrogen-bond donors (Lipinski definition) is 0. The van der Waals surface area contributed by atoms with Crippen molar-refractivity contribution in [1.82, 2.24) is 15.0 Å². The molecule has 3 heterocycles. The summed E-state index contributed by atoms with van der Waals surface area (Å²) in [5.74, 6) is 0. The fourth-order valence-corrected chi connectivity index (χ4v) is 5.35. The van der Waals surface area contributed by atoms with Crippen molar-refractivity contribution in [2.45, 2.75) is 26.2 Å². The van der Waals surface area contributed by atoms with Crippen LogP contribution >= 0.6 is 0 Å². The molecule has 5 aromatic carbocycles. The van der Waals surface area contributed by atoms with Crippen LogP contribution in [0.3, 0.4) is 0 Å². The average Bonchev–Trinajstić information content (AvgIpc) is 3.16. The molecule has 0 aliphatic rings. The van der Waals surface area contributed by atoms with Crippen LogP contribution in [0.2, 0.25) is 0 Å². The molecule has 8 aromatic rings. The van der Waals surface area contributed by atoms with Crippen LogP contribution in [0.15, 0.2) is 164 Å². The molecule has 0 fully saturated rings. The first kappa shape index (κ1) is 35.0. The number of hydrogen-bond acceptors (Lipinski definition) is 3. The van der Waals surface area contributed by atoms with E-state index in [9.17, 15) is 0 Å². The first-order chi connectivity index (χ1) is 23.5. The number of pyridine rings is 3. The van der Waals surface area contributed by atoms with E-state index in [0.29, 0.717) is 0 Å². The van der Waals surface area contributed by atoms with Gasteiger partial charge < -0.3 is 15.0 Å². The fourth-order valence-electron chi connectivity index (χ4n) is 5.35. The molecule has 0 unspecified atom stereocenters. The molecular formula is C45H36IrN3. The van der Waals surface area contributed by atoms with Crippen LogP contribution in [0.4, 0.5) is 0 Å². The van der Waals surface area contributed by atoms with Gasteiger partial charge in [-0.1, -0.05) is 75.4 Å². The van der Waals surface area contributed by atoms with E-state index >= 15 is 0 Å². The van der Waals surface area contributed by atoms with E-state index in [1.807, 2.05) is 128 Å². The summed E-state index contributed by atoms with van der Waals surface area (Å²) in [6.07, 6.45) is 5.56. The predicted octanol–water partition coefficient (Wildman–Crippen LogP) is 11.2. The maximum absolute atomic E-state index is 4.45. The van der Waals surface area contributed by atoms with Crippen LogP contribution in [0.25, 0.3) is 55.3 Å². The second-order valence-electron chi connectivity index (χ2n) is 12.3. The molecule has 0 aliphatic carbocycles. The van der Waals surface area contributed by atoms with Gasteiger partial charge in [0.2, 0.25) is 0 Å². The zero-order valence-electron chi connectivity index (χ0n) is 27.8. The Bertz CT molecular complexity index is 2090. The van der Waals surface area contributed by atoms with E-state index in [1.165, 1.54) is 27.1 Å². The number of fused-ring (bicyclic) bond motifs is 2. The van der Waals surface area contributed by atoms with Crippen molar-refractivity contribution in [3.8, 4) is 33.8 Å². The number of aromatic nitrogens is 3. The van der Waals surface area contributed by atoms with E-state index in [-0.39, 0.29) is 25.5 Å². The van der Waals surface area contributed by atoms with Crippen molar-refractivity contribution in [3.63, 3.8) is 0 Å². The van der Waals surface area contributed by atoms with Gasteiger partial charge in [-0.2, -0.15) is 0 Å². The van der Waals surface area contributed by atoms with Gasteiger partial charge in [-0.25, -0.2) is 0 Å². The molecule has 0 spiro atoms. The summed E-state index contributed by atoms with van der Waals surface area (Å²) in [6.45, 7) is 6.63. The summed E-state index contributed by atoms with van der Waals surface area (Å²) in [5, 5.41) is 4.77. The molecule has 0 amide bonds. The number of rotatable bonds is 3. The molecule has 49 heavy (non-hydrogen) atoms. The van der Waals surface area contributed by atoms with E-state index in [2.05, 4.69) is 90.3 Å². The predicted molar refractivity (Wildman–Crippen MR) is 199 cm³/mol. The third-order valence-corrected chi connectivity index (χ3v) is 7.89. The third kappa shape index (κ3) is 9.00. The largest absolute Gasteiger partial charge is 3.00 e. The second-order valence-corrected chi connectivity index (χ2v) is 12.3. The quantitative estimate of drug-likeness (QED) is 0.167. The minimum Gasteiger partial charge on any atom is -0.305 e. The Morgan fingerprint density at radius 1 is 0.449 bits per heavy atom. The fraction of sp³-hybridized carbons (Fsp3) is 0.0889. The van der Waals surface area contributed by atoms with Gasteiger partial charge in [0.15, 0.2) is 0 Å². The van der Waals surface area contributed by atoms with Crippen LogP contribution in [-0.4, -0.2) is 15.0 Å². The molecule has 4 heteroatoms. The molecule has 3 nitrogen and oxygen atoms in total. The third-order valence-electron chi connectivity index (χ3n) is 7.89. The Hall–Kier alpha value is -5.28. The Morgan fingerprint density at radius 3 is 1.33 bits per heavy atom. The summed E-state index contributed by atoms with van der Waals surface area (Å²) in [7, 11) is 0. The van der Waals surface area contributed by atoms with Crippen LogP contribution in [0, 0.1) is 18.2 Å². The number of nitrogens with zero attached hydrogens (tertiary/aromatic N) is 3. The first-order valence-electron chi connectivity index (χ1n) is 16.0. The van der Waals surface area contributed by atoms with Crippen molar-refractivity contribution in [3.05, 3.63) is 188 Å². The normalized spacial score (nSPS) is 10.6. The standard InChI is InChI=1S/2C15H10N.C15H16N.Ir/c2*1-2-7-13(8-3-1)15-14-9-5-4-6-12(14)10-11-16-15;1-15(2,3)13-9-10-16-14(11-13)12-7-5-4-6-8-12;/h2*1-7,9-11H;4-7,9-11H,1-3H3;/q3*-1;+3. The van der Waals surface area contributed by atoms with E-state index in [0.717, 1.165) is 33.8 Å². The minimum atomic E-state index is 0. The molecule has 240 valence electrons. The van der Waals surface area contributed by atoms with E-state index in [4.69, 9.17) is 0 Å². The van der Waals surface area contributed by atoms with Gasteiger partial charge in [0, 0.05) is 18.6 Å². The molecule has 8 rings (SSSR count). The monoisotopic (exact) mass is 811 g/mol. The summed E-state index contributed by atoms with van der Waals surface area (Å²) in [6, 6.07) is 58.3. The summed E-state index contributed by atoms with van der Waals surface area (Å²) in [5.41, 5.74) is 7.58. The molecular weight excluding hydrogens is 775 g/mol. The SMILES string of the molecule is CC(C)(C)c1ccnc(-c2[c-]cccc2)c1.[Ir+3].[c-]1ccccc1-c1nccc2ccccc12.[c-]1ccccc1-c1nccc2ccccc12. The van der Waals surface area contributed by atoms with Crippen molar-refractivity contribution in [2.75, 3.05) is 0 Å². The smallest absolute Gasteiger partial charge is 0.305 e. The minimum absolute atomic E-state index is 0. The van der Waals surface area contributed by atoms with E-state index in [1.54, 1.807) is 0 Å². The van der Waals surface area contributed by atoms with Crippen LogP contribution < -0.4 is 0 Å². The van der Waals surface area contributed by atoms with Crippen LogP contribution in [0.1, 0.15) is 26.3 Å². The van der Waals surface area contributed by atoms with Crippen molar-refractivity contribution >= 4 is 21.5 Å². The van der Waals surface area contributed by atoms with Crippen molar-refractivity contribution in [1.29, 1.82) is 0 Å². The number of benzene rings is 5. The second kappa shape index (κ2) is 16.7. The molecule has 0 radical (unpaired) electrons. The zero-order chi connectivity index (χ0) is 33.2. The maximum atomic E-state index is 4.45. The Kier molecular flexibility index (Phi) is 11.9. The van der Waals surface area contributed by atoms with Gasteiger partial charge in [-0.15, -0.1) is 108 Å². The van der Waals surface area contributed by atoms with Gasteiger partial charge in [0.1, 0.15) is 0 Å². The summed E-state index contributed by atoms with van der Waals surface area (Å²) >= 11 is 0. The zero-order valence-corrected chi connectivity index (χ0v) is 30.2. The topological polar surface area (TPSA) is 38.7 Å². The summed E-state index contributed by atoms with van der Waals surface area (Å²) < 4.78 is 0. The Morgan fingerprint density at radius 2 is 0.878 bits per heavy atom. The molecule has 0 N–H and O–H groups in total. The van der Waals surface area contributed by atoms with Gasteiger partial charge in [0.05, 0.1) is 0 Å². The molecule has 0 aliphatic heterocycles. The molecule has 0 atom stereocenters. The van der Waals surface area contributed by atoms with Crippen LogP contribution in [0.5, 0.6) is 0 Å². The van der Waals surface area contributed by atoms with E-state index < -0.39 is 0 Å². The van der Waals surface area contributed by atoms with Gasteiger partial charge in [-0.05, 0) is 67.8 Å². The summed E-state index contributed by atoms with van der Waals surface area (Å²) in [4.78, 5) is 13.3. The van der Waals surface area contributed by atoms with Gasteiger partial charge in [-0.3, -0.25) is 0 Å². The van der Waals surface area contributed by atoms with Crippen LogP contribution in [-0.2, 0) is 25.5 Å². The van der Waals surface area contributed by atoms with Gasteiger partial charge >= 0.3 is 20.1 Å². The molecule has 0 saturated carbocycles. The molecule has 3 aromatic heterocycles.